The summed E-state index contributed by atoms with van der Waals surface area (Å²) in [5, 5.41) is 0.479. The number of nitrogens with one attached hydrogen (secondary N) is 1. The molecule has 1 rings (SSSR count). The van der Waals surface area contributed by atoms with Crippen LogP contribution in [0.2, 0.25) is 5.02 Å². The quantitative estimate of drug-likeness (QED) is 0.652. The summed E-state index contributed by atoms with van der Waals surface area (Å²) in [6.45, 7) is 3.91. The maximum Gasteiger partial charge on any atom is 0.192 e. The van der Waals surface area contributed by atoms with E-state index in [4.69, 9.17) is 11.6 Å². The Balaban J connectivity index is 3.03. The molecule has 0 radical (unpaired) electrons. The zero-order valence-corrected chi connectivity index (χ0v) is 6.67. The Morgan fingerprint density at radius 1 is 1.60 bits per heavy atom. The van der Waals surface area contributed by atoms with Gasteiger partial charge in [-0.05, 0) is 5.92 Å². The minimum absolute atomic E-state index is 0.247. The lowest BCUT2D eigenvalue weighted by molar-refractivity contribution is 0.584. The summed E-state index contributed by atoms with van der Waals surface area (Å²) in [5.41, 5.74) is 0.763. The Labute approximate surface area is 64.2 Å². The molecule has 56 valence electrons. The summed E-state index contributed by atoms with van der Waals surface area (Å²) < 4.78 is 12.4. The highest BCUT2D eigenvalue weighted by Crippen LogP contribution is 2.23. The molecule has 1 N–H and O–H groups in total. The van der Waals surface area contributed by atoms with Crippen LogP contribution in [0.4, 0.5) is 4.39 Å². The van der Waals surface area contributed by atoms with Crippen molar-refractivity contribution in [1.82, 2.24) is 4.98 Å². The lowest BCUT2D eigenvalue weighted by Gasteiger charge is -1.99. The fourth-order valence-electron chi connectivity index (χ4n) is 0.834. The Bertz CT molecular complexity index is 230. The van der Waals surface area contributed by atoms with Crippen LogP contribution >= 0.6 is 11.6 Å². The molecule has 1 heterocycles. The van der Waals surface area contributed by atoms with Crippen molar-refractivity contribution in [3.05, 3.63) is 22.7 Å². The second kappa shape index (κ2) is 2.62. The Morgan fingerprint density at radius 3 is 2.40 bits per heavy atom. The van der Waals surface area contributed by atoms with Crippen molar-refractivity contribution in [1.29, 1.82) is 0 Å². The molecule has 1 nitrogen and oxygen atoms in total. The third kappa shape index (κ3) is 1.32. The second-order valence-corrected chi connectivity index (χ2v) is 2.94. The first-order chi connectivity index (χ1) is 4.61. The molecule has 0 aliphatic heterocycles. The minimum atomic E-state index is -0.367. The van der Waals surface area contributed by atoms with Gasteiger partial charge in [0.2, 0.25) is 0 Å². The third-order valence-electron chi connectivity index (χ3n) is 1.34. The summed E-state index contributed by atoms with van der Waals surface area (Å²) in [5.74, 6) is -0.120. The molecule has 1 aromatic rings. The molecule has 3 heteroatoms. The zero-order valence-electron chi connectivity index (χ0n) is 5.91. The first-order valence-corrected chi connectivity index (χ1v) is 3.53. The van der Waals surface area contributed by atoms with Gasteiger partial charge in [-0.3, -0.25) is 0 Å². The lowest BCUT2D eigenvalue weighted by Crippen LogP contribution is -1.87. The van der Waals surface area contributed by atoms with Crippen molar-refractivity contribution < 1.29 is 4.39 Å². The van der Waals surface area contributed by atoms with Crippen LogP contribution in [0.25, 0.3) is 0 Å². The van der Waals surface area contributed by atoms with E-state index in [-0.39, 0.29) is 11.9 Å². The van der Waals surface area contributed by atoms with Gasteiger partial charge in [-0.2, -0.15) is 4.39 Å². The second-order valence-electron chi connectivity index (χ2n) is 2.53. The van der Waals surface area contributed by atoms with E-state index in [1.54, 1.807) is 0 Å². The monoisotopic (exact) mass is 161 g/mol. The number of halogens is 2. The van der Waals surface area contributed by atoms with Gasteiger partial charge in [0.15, 0.2) is 5.95 Å². The van der Waals surface area contributed by atoms with E-state index in [2.05, 4.69) is 4.98 Å². The van der Waals surface area contributed by atoms with Gasteiger partial charge in [-0.1, -0.05) is 25.4 Å². The van der Waals surface area contributed by atoms with Gasteiger partial charge in [-0.25, -0.2) is 0 Å². The van der Waals surface area contributed by atoms with Gasteiger partial charge in [0.1, 0.15) is 0 Å². The third-order valence-corrected chi connectivity index (χ3v) is 1.65. The van der Waals surface area contributed by atoms with Crippen molar-refractivity contribution in [2.45, 2.75) is 19.8 Å². The predicted molar refractivity (Wildman–Crippen MR) is 39.8 cm³/mol. The molecular formula is C7H9ClFN. The van der Waals surface area contributed by atoms with Gasteiger partial charge in [0.05, 0.1) is 5.02 Å². The zero-order chi connectivity index (χ0) is 7.72. The number of rotatable bonds is 1. The van der Waals surface area contributed by atoms with Crippen molar-refractivity contribution in [3.63, 3.8) is 0 Å². The molecule has 0 aliphatic carbocycles. The van der Waals surface area contributed by atoms with Crippen LogP contribution in [-0.2, 0) is 0 Å². The van der Waals surface area contributed by atoms with Crippen molar-refractivity contribution in [3.8, 4) is 0 Å². The van der Waals surface area contributed by atoms with E-state index < -0.39 is 0 Å². The summed E-state index contributed by atoms with van der Waals surface area (Å²) in [4.78, 5) is 2.55. The predicted octanol–water partition coefficient (Wildman–Crippen LogP) is 2.93. The molecule has 0 saturated carbocycles. The average molecular weight is 162 g/mol. The average Bonchev–Trinajstić information content (AvgIpc) is 2.10. The number of aromatic nitrogens is 1. The molecule has 0 fully saturated rings. The van der Waals surface area contributed by atoms with Gasteiger partial charge < -0.3 is 4.98 Å². The van der Waals surface area contributed by atoms with Crippen LogP contribution < -0.4 is 0 Å². The summed E-state index contributed by atoms with van der Waals surface area (Å²) >= 11 is 5.67. The van der Waals surface area contributed by atoms with Crippen LogP contribution in [0, 0.1) is 5.95 Å². The molecule has 0 saturated heterocycles. The Hall–Kier alpha value is -0.500. The molecule has 0 bridgehead atoms. The van der Waals surface area contributed by atoms with Gasteiger partial charge in [0.25, 0.3) is 0 Å². The largest absolute Gasteiger partial charge is 0.334 e. The molecule has 0 amide bonds. The topological polar surface area (TPSA) is 15.8 Å². The van der Waals surface area contributed by atoms with Gasteiger partial charge >= 0.3 is 0 Å². The van der Waals surface area contributed by atoms with Crippen molar-refractivity contribution in [2.24, 2.45) is 0 Å². The van der Waals surface area contributed by atoms with E-state index in [1.807, 2.05) is 13.8 Å². The highest BCUT2D eigenvalue weighted by Gasteiger charge is 2.08. The van der Waals surface area contributed by atoms with Gasteiger partial charge in [-0.15, -0.1) is 0 Å². The normalized spacial score (nSPS) is 10.9. The Morgan fingerprint density at radius 2 is 2.20 bits per heavy atom. The number of aromatic amines is 1. The highest BCUT2D eigenvalue weighted by atomic mass is 35.5. The van der Waals surface area contributed by atoms with E-state index >= 15 is 0 Å². The molecule has 0 atom stereocenters. The van der Waals surface area contributed by atoms with Crippen LogP contribution in [0.15, 0.2) is 6.07 Å². The summed E-state index contributed by atoms with van der Waals surface area (Å²) in [6.07, 6.45) is 0. The van der Waals surface area contributed by atoms with E-state index in [9.17, 15) is 4.39 Å². The molecule has 0 aliphatic rings. The number of hydrogen-bond donors (Lipinski definition) is 1. The van der Waals surface area contributed by atoms with E-state index in [1.165, 1.54) is 6.07 Å². The van der Waals surface area contributed by atoms with E-state index in [0.29, 0.717) is 5.02 Å². The molecule has 10 heavy (non-hydrogen) atoms. The lowest BCUT2D eigenvalue weighted by atomic mass is 10.1. The fourth-order valence-corrected chi connectivity index (χ4v) is 1.19. The first kappa shape index (κ1) is 7.61. The summed E-state index contributed by atoms with van der Waals surface area (Å²) in [7, 11) is 0. The van der Waals surface area contributed by atoms with E-state index in [0.717, 1.165) is 5.69 Å². The molecular weight excluding hydrogens is 153 g/mol. The van der Waals surface area contributed by atoms with Crippen molar-refractivity contribution in [2.75, 3.05) is 0 Å². The maximum atomic E-state index is 12.4. The fraction of sp³-hybridized carbons (Fsp3) is 0.429. The molecule has 0 spiro atoms. The molecule has 1 aromatic heterocycles. The van der Waals surface area contributed by atoms with Crippen molar-refractivity contribution >= 4 is 11.6 Å². The van der Waals surface area contributed by atoms with Gasteiger partial charge in [0, 0.05) is 11.8 Å². The van der Waals surface area contributed by atoms with Crippen LogP contribution in [-0.4, -0.2) is 4.98 Å². The molecule has 0 aromatic carbocycles. The highest BCUT2D eigenvalue weighted by molar-refractivity contribution is 6.31. The first-order valence-electron chi connectivity index (χ1n) is 3.15. The van der Waals surface area contributed by atoms with Crippen LogP contribution in [0.1, 0.15) is 25.5 Å². The summed E-state index contributed by atoms with van der Waals surface area (Å²) in [6, 6.07) is 1.29. The minimum Gasteiger partial charge on any atom is -0.334 e. The number of H-pyrrole nitrogens is 1. The molecule has 0 unspecified atom stereocenters. The standard InChI is InChI=1S/C7H9ClFN/c1-4(2)7-5(8)3-6(9)10-7/h3-4,10H,1-2H3. The Kier molecular flexibility index (Phi) is 2.00. The SMILES string of the molecule is CC(C)c1[nH]c(F)cc1Cl. The number of hydrogen-bond acceptors (Lipinski definition) is 0. The maximum absolute atomic E-state index is 12.4. The van der Waals surface area contributed by atoms with Crippen LogP contribution in [0.5, 0.6) is 0 Å². The van der Waals surface area contributed by atoms with Crippen LogP contribution in [0.3, 0.4) is 0 Å². The smallest absolute Gasteiger partial charge is 0.192 e.